The van der Waals surface area contributed by atoms with Crippen molar-refractivity contribution in [3.8, 4) is 16.9 Å². The monoisotopic (exact) mass is 475 g/mol. The molecule has 0 radical (unpaired) electrons. The third kappa shape index (κ3) is 4.98. The van der Waals surface area contributed by atoms with Gasteiger partial charge in [-0.1, -0.05) is 74.0 Å². The fraction of sp³-hybridized carbons (Fsp3) is 0.250. The van der Waals surface area contributed by atoms with Gasteiger partial charge in [-0.2, -0.15) is 0 Å². The molecular formula is C28H29NO4S. The highest BCUT2D eigenvalue weighted by atomic mass is 32.2. The van der Waals surface area contributed by atoms with Crippen LogP contribution >= 0.6 is 11.8 Å². The van der Waals surface area contributed by atoms with Crippen LogP contribution in [-0.4, -0.2) is 17.5 Å². The summed E-state index contributed by atoms with van der Waals surface area (Å²) in [4.78, 5) is 10.5. The van der Waals surface area contributed by atoms with E-state index in [4.69, 9.17) is 14.6 Å². The Morgan fingerprint density at radius 1 is 1.03 bits per heavy atom. The number of thioether (sulfide) groups is 1. The van der Waals surface area contributed by atoms with Crippen molar-refractivity contribution in [1.29, 1.82) is 0 Å². The van der Waals surface area contributed by atoms with Gasteiger partial charge in [0.2, 0.25) is 0 Å². The molecule has 1 heterocycles. The first-order chi connectivity index (χ1) is 16.6. The minimum atomic E-state index is -1.32. The Morgan fingerprint density at radius 2 is 1.76 bits per heavy atom. The number of carbonyl (C=O) groups is 1. The molecule has 0 bridgehead atoms. The summed E-state index contributed by atoms with van der Waals surface area (Å²) in [5.41, 5.74) is 6.12. The SMILES string of the molecule is CCCCC1=CNc2ccccc2C1(OCc1ccc(-c2ccccc2OC(=O)O)cc1)SC. The summed E-state index contributed by atoms with van der Waals surface area (Å²) >= 11 is 1.72. The maximum atomic E-state index is 11.0. The van der Waals surface area contributed by atoms with E-state index in [2.05, 4.69) is 42.9 Å². The summed E-state index contributed by atoms with van der Waals surface area (Å²) in [6.45, 7) is 2.65. The van der Waals surface area contributed by atoms with E-state index in [0.717, 1.165) is 47.2 Å². The van der Waals surface area contributed by atoms with Gasteiger partial charge in [-0.3, -0.25) is 0 Å². The van der Waals surface area contributed by atoms with Gasteiger partial charge in [0.05, 0.1) is 6.61 Å². The van der Waals surface area contributed by atoms with Gasteiger partial charge in [0.15, 0.2) is 4.93 Å². The lowest BCUT2D eigenvalue weighted by Gasteiger charge is -2.39. The molecule has 4 rings (SSSR count). The molecule has 1 atom stereocenters. The molecule has 5 nitrogen and oxygen atoms in total. The third-order valence-corrected chi connectivity index (χ3v) is 7.16. The number of para-hydroxylation sites is 2. The maximum Gasteiger partial charge on any atom is 0.511 e. The first-order valence-corrected chi connectivity index (χ1v) is 12.6. The molecule has 0 saturated carbocycles. The zero-order valence-electron chi connectivity index (χ0n) is 19.4. The van der Waals surface area contributed by atoms with Gasteiger partial charge >= 0.3 is 6.16 Å². The molecule has 6 heteroatoms. The Morgan fingerprint density at radius 3 is 2.50 bits per heavy atom. The lowest BCUT2D eigenvalue weighted by molar-refractivity contribution is 0.0336. The molecular weight excluding hydrogens is 446 g/mol. The molecule has 34 heavy (non-hydrogen) atoms. The molecule has 0 fully saturated rings. The van der Waals surface area contributed by atoms with Gasteiger partial charge in [-0.05, 0) is 47.9 Å². The van der Waals surface area contributed by atoms with E-state index in [1.54, 1.807) is 23.9 Å². The molecule has 3 aromatic rings. The van der Waals surface area contributed by atoms with Gasteiger partial charge in [0.25, 0.3) is 0 Å². The van der Waals surface area contributed by atoms with Crippen LogP contribution in [0.4, 0.5) is 10.5 Å². The van der Waals surface area contributed by atoms with Crippen molar-refractivity contribution in [2.75, 3.05) is 11.6 Å². The van der Waals surface area contributed by atoms with Crippen LogP contribution in [0.15, 0.2) is 84.6 Å². The fourth-order valence-corrected chi connectivity index (χ4v) is 5.25. The molecule has 0 aliphatic carbocycles. The number of unbranched alkanes of at least 4 members (excludes halogenated alkanes) is 1. The number of rotatable bonds is 9. The second-order valence-corrected chi connectivity index (χ2v) is 9.12. The van der Waals surface area contributed by atoms with Crippen molar-refractivity contribution in [3.05, 3.63) is 95.7 Å². The standard InChI is InChI=1S/C28H29NO4S/c1-3-4-9-22-18-29-25-12-7-6-11-24(25)28(22,34-2)32-19-20-14-16-21(17-15-20)23-10-5-8-13-26(23)33-27(30)31/h5-8,10-18,29H,3-4,9,19H2,1-2H3,(H,30,31). The molecule has 0 amide bonds. The minimum absolute atomic E-state index is 0.317. The van der Waals surface area contributed by atoms with Crippen LogP contribution in [0.5, 0.6) is 5.75 Å². The van der Waals surface area contributed by atoms with Gasteiger partial charge in [-0.15, -0.1) is 11.8 Å². The van der Waals surface area contributed by atoms with Gasteiger partial charge in [0, 0.05) is 23.0 Å². The summed E-state index contributed by atoms with van der Waals surface area (Å²) in [7, 11) is 0. The normalized spacial score (nSPS) is 16.8. The van der Waals surface area contributed by atoms with Crippen LogP contribution in [0.25, 0.3) is 11.1 Å². The zero-order valence-corrected chi connectivity index (χ0v) is 20.2. The van der Waals surface area contributed by atoms with E-state index < -0.39 is 11.1 Å². The van der Waals surface area contributed by atoms with Crippen molar-refractivity contribution in [2.45, 2.75) is 37.7 Å². The zero-order chi connectivity index (χ0) is 24.0. The van der Waals surface area contributed by atoms with E-state index in [0.29, 0.717) is 12.4 Å². The number of anilines is 1. The van der Waals surface area contributed by atoms with Crippen molar-refractivity contribution >= 4 is 23.6 Å². The first-order valence-electron chi connectivity index (χ1n) is 11.4. The van der Waals surface area contributed by atoms with Crippen LogP contribution in [0.1, 0.15) is 37.3 Å². The molecule has 0 spiro atoms. The van der Waals surface area contributed by atoms with Crippen molar-refractivity contribution < 1.29 is 19.4 Å². The molecule has 3 aromatic carbocycles. The second-order valence-electron chi connectivity index (χ2n) is 8.13. The molecule has 1 unspecified atom stereocenters. The average molecular weight is 476 g/mol. The lowest BCUT2D eigenvalue weighted by atomic mass is 9.93. The molecule has 1 aliphatic rings. The smallest absolute Gasteiger partial charge is 0.449 e. The number of hydrogen-bond acceptors (Lipinski definition) is 5. The average Bonchev–Trinajstić information content (AvgIpc) is 2.87. The van der Waals surface area contributed by atoms with Crippen LogP contribution in [0, 0.1) is 0 Å². The predicted molar refractivity (Wildman–Crippen MR) is 138 cm³/mol. The van der Waals surface area contributed by atoms with E-state index in [1.807, 2.05) is 42.5 Å². The van der Waals surface area contributed by atoms with Crippen LogP contribution in [0.3, 0.4) is 0 Å². The molecule has 1 aliphatic heterocycles. The largest absolute Gasteiger partial charge is 0.511 e. The Balaban J connectivity index is 1.58. The summed E-state index contributed by atoms with van der Waals surface area (Å²) in [5.74, 6) is 0.317. The Kier molecular flexibility index (Phi) is 7.60. The lowest BCUT2D eigenvalue weighted by Crippen LogP contribution is -2.32. The van der Waals surface area contributed by atoms with Crippen molar-refractivity contribution in [1.82, 2.24) is 0 Å². The number of fused-ring (bicyclic) bond motifs is 1. The van der Waals surface area contributed by atoms with Gasteiger partial charge in [0.1, 0.15) is 5.75 Å². The number of hydrogen-bond donors (Lipinski definition) is 2. The topological polar surface area (TPSA) is 67.8 Å². The highest BCUT2D eigenvalue weighted by molar-refractivity contribution is 7.99. The Bertz CT molecular complexity index is 1180. The highest BCUT2D eigenvalue weighted by Gasteiger charge is 2.40. The van der Waals surface area contributed by atoms with Crippen LogP contribution in [-0.2, 0) is 16.3 Å². The molecule has 0 aromatic heterocycles. The summed E-state index contributed by atoms with van der Waals surface area (Å²) in [6, 6.07) is 23.4. The highest BCUT2D eigenvalue weighted by Crippen LogP contribution is 2.50. The summed E-state index contributed by atoms with van der Waals surface area (Å²) < 4.78 is 11.7. The Hall–Kier alpha value is -3.22. The summed E-state index contributed by atoms with van der Waals surface area (Å²) in [6.07, 6.45) is 6.08. The maximum absolute atomic E-state index is 11.0. The number of ether oxygens (including phenoxy) is 2. The van der Waals surface area contributed by atoms with Crippen molar-refractivity contribution in [3.63, 3.8) is 0 Å². The molecule has 2 N–H and O–H groups in total. The van der Waals surface area contributed by atoms with Crippen LogP contribution < -0.4 is 10.1 Å². The number of benzene rings is 3. The minimum Gasteiger partial charge on any atom is -0.449 e. The second kappa shape index (κ2) is 10.8. The third-order valence-electron chi connectivity index (χ3n) is 5.98. The van der Waals surface area contributed by atoms with Gasteiger partial charge in [-0.25, -0.2) is 4.79 Å². The Labute approximate surface area is 204 Å². The van der Waals surface area contributed by atoms with Crippen LogP contribution in [0.2, 0.25) is 0 Å². The van der Waals surface area contributed by atoms with Gasteiger partial charge < -0.3 is 19.9 Å². The van der Waals surface area contributed by atoms with E-state index in [9.17, 15) is 4.79 Å². The molecule has 0 saturated heterocycles. The predicted octanol–water partition coefficient (Wildman–Crippen LogP) is 7.64. The first kappa shape index (κ1) is 23.9. The number of nitrogens with one attached hydrogen (secondary N) is 1. The molecule has 176 valence electrons. The fourth-order valence-electron chi connectivity index (χ4n) is 4.26. The van der Waals surface area contributed by atoms with Crippen molar-refractivity contribution in [2.24, 2.45) is 0 Å². The summed E-state index contributed by atoms with van der Waals surface area (Å²) in [5, 5.41) is 12.5. The quantitative estimate of drug-likeness (QED) is 0.188. The van der Waals surface area contributed by atoms with E-state index in [-0.39, 0.29) is 0 Å². The van der Waals surface area contributed by atoms with E-state index in [1.165, 1.54) is 5.57 Å². The van der Waals surface area contributed by atoms with E-state index >= 15 is 0 Å². The number of carboxylic acid groups (broad SMARTS) is 1.